The molecule has 8 nitrogen and oxygen atoms in total. The lowest BCUT2D eigenvalue weighted by molar-refractivity contribution is 0.297. The number of rotatable bonds is 6. The van der Waals surface area contributed by atoms with Crippen molar-refractivity contribution in [2.75, 3.05) is 18.4 Å². The highest BCUT2D eigenvalue weighted by Gasteiger charge is 2.33. The Bertz CT molecular complexity index is 1030. The average molecular weight is 391 g/mol. The number of piperidine rings is 1. The number of nitrogens with zero attached hydrogens (tertiary/aromatic N) is 5. The molecule has 2 saturated carbocycles. The van der Waals surface area contributed by atoms with Crippen molar-refractivity contribution in [1.29, 1.82) is 0 Å². The zero-order valence-electron chi connectivity index (χ0n) is 16.3. The van der Waals surface area contributed by atoms with Crippen LogP contribution in [0.4, 0.5) is 5.95 Å². The fraction of sp³-hybridized carbons (Fsp3) is 0.524. The zero-order chi connectivity index (χ0) is 19.2. The Hall–Kier alpha value is -2.74. The third-order valence-electron chi connectivity index (χ3n) is 5.81. The van der Waals surface area contributed by atoms with Gasteiger partial charge in [-0.25, -0.2) is 19.5 Å². The Morgan fingerprint density at radius 2 is 2.07 bits per heavy atom. The molecule has 3 fully saturated rings. The van der Waals surface area contributed by atoms with Gasteiger partial charge >= 0.3 is 0 Å². The summed E-state index contributed by atoms with van der Waals surface area (Å²) in [6, 6.07) is 4.32. The van der Waals surface area contributed by atoms with Gasteiger partial charge in [0.05, 0.1) is 18.0 Å². The minimum Gasteiger partial charge on any atom is -0.488 e. The van der Waals surface area contributed by atoms with Gasteiger partial charge in [0.2, 0.25) is 5.95 Å². The van der Waals surface area contributed by atoms with E-state index in [-0.39, 0.29) is 0 Å². The van der Waals surface area contributed by atoms with Gasteiger partial charge in [-0.2, -0.15) is 5.10 Å². The average Bonchev–Trinajstić information content (AvgIpc) is 3.67. The molecule has 3 aliphatic rings. The Labute approximate surface area is 169 Å². The molecule has 150 valence electrons. The van der Waals surface area contributed by atoms with Gasteiger partial charge in [0.1, 0.15) is 17.1 Å². The van der Waals surface area contributed by atoms with Gasteiger partial charge in [0.15, 0.2) is 5.65 Å². The molecule has 8 heteroatoms. The van der Waals surface area contributed by atoms with Crippen LogP contribution >= 0.6 is 0 Å². The lowest BCUT2D eigenvalue weighted by atomic mass is 10.1. The number of hydrogen-bond donors (Lipinski definition) is 2. The highest BCUT2D eigenvalue weighted by molar-refractivity contribution is 5.61. The van der Waals surface area contributed by atoms with Crippen molar-refractivity contribution in [2.24, 2.45) is 0 Å². The van der Waals surface area contributed by atoms with E-state index < -0.39 is 0 Å². The molecule has 0 amide bonds. The lowest BCUT2D eigenvalue weighted by Crippen LogP contribution is -2.38. The standard InChI is InChI=1S/C21H25N7O/c1-2-14(11-22-8-1)25-21-23-9-7-16(26-21)17-12-24-19-10-18(29-15-5-6-15)20(13-3-4-13)27-28(17)19/h7,9-10,12-15,22H,1-6,8,11H2,(H,23,25,26)/t14-/m1/s1. The third-order valence-corrected chi connectivity index (χ3v) is 5.81. The lowest BCUT2D eigenvalue weighted by Gasteiger charge is -2.23. The van der Waals surface area contributed by atoms with E-state index in [9.17, 15) is 0 Å². The summed E-state index contributed by atoms with van der Waals surface area (Å²) in [6.45, 7) is 2.03. The molecule has 6 rings (SSSR count). The van der Waals surface area contributed by atoms with Gasteiger partial charge in [0, 0.05) is 30.8 Å². The van der Waals surface area contributed by atoms with E-state index in [0.29, 0.717) is 24.0 Å². The predicted octanol–water partition coefficient (Wildman–Crippen LogP) is 2.77. The molecule has 1 aliphatic heterocycles. The largest absolute Gasteiger partial charge is 0.488 e. The first-order chi connectivity index (χ1) is 14.3. The predicted molar refractivity (Wildman–Crippen MR) is 109 cm³/mol. The number of anilines is 1. The van der Waals surface area contributed by atoms with Crippen molar-refractivity contribution in [2.45, 2.75) is 56.6 Å². The fourth-order valence-electron chi connectivity index (χ4n) is 3.91. The first kappa shape index (κ1) is 17.1. The molecule has 2 aliphatic carbocycles. The molecule has 0 spiro atoms. The molecular formula is C21H25N7O. The van der Waals surface area contributed by atoms with Crippen LogP contribution in [-0.4, -0.2) is 49.8 Å². The van der Waals surface area contributed by atoms with Gasteiger partial charge in [0.25, 0.3) is 0 Å². The molecular weight excluding hydrogens is 366 g/mol. The van der Waals surface area contributed by atoms with E-state index in [1.807, 2.05) is 22.8 Å². The van der Waals surface area contributed by atoms with E-state index in [0.717, 1.165) is 60.8 Å². The van der Waals surface area contributed by atoms with Crippen LogP contribution in [0.2, 0.25) is 0 Å². The first-order valence-corrected chi connectivity index (χ1v) is 10.7. The van der Waals surface area contributed by atoms with E-state index in [1.54, 1.807) is 6.20 Å². The van der Waals surface area contributed by atoms with Crippen molar-refractivity contribution in [3.63, 3.8) is 0 Å². The molecule has 29 heavy (non-hydrogen) atoms. The number of ether oxygens (including phenoxy) is 1. The highest BCUT2D eigenvalue weighted by atomic mass is 16.5. The second-order valence-corrected chi connectivity index (χ2v) is 8.35. The van der Waals surface area contributed by atoms with Crippen molar-refractivity contribution < 1.29 is 4.74 Å². The molecule has 1 atom stereocenters. The van der Waals surface area contributed by atoms with Gasteiger partial charge in [-0.15, -0.1) is 0 Å². The highest BCUT2D eigenvalue weighted by Crippen LogP contribution is 2.44. The number of nitrogens with one attached hydrogen (secondary N) is 2. The minimum absolute atomic E-state index is 0.357. The van der Waals surface area contributed by atoms with Gasteiger partial charge < -0.3 is 15.4 Å². The first-order valence-electron chi connectivity index (χ1n) is 10.7. The Balaban J connectivity index is 1.34. The topological polar surface area (TPSA) is 89.3 Å². The maximum absolute atomic E-state index is 6.13. The molecule has 0 aromatic carbocycles. The van der Waals surface area contributed by atoms with Crippen LogP contribution in [-0.2, 0) is 0 Å². The van der Waals surface area contributed by atoms with E-state index in [4.69, 9.17) is 14.8 Å². The van der Waals surface area contributed by atoms with Crippen molar-refractivity contribution in [3.05, 3.63) is 30.2 Å². The van der Waals surface area contributed by atoms with Crippen molar-refractivity contribution in [1.82, 2.24) is 29.9 Å². The number of hydrogen-bond acceptors (Lipinski definition) is 7. The zero-order valence-corrected chi connectivity index (χ0v) is 16.3. The fourth-order valence-corrected chi connectivity index (χ4v) is 3.91. The summed E-state index contributed by atoms with van der Waals surface area (Å²) in [5.41, 5.74) is 3.56. The molecule has 0 radical (unpaired) electrons. The minimum atomic E-state index is 0.357. The van der Waals surface area contributed by atoms with Gasteiger partial charge in [-0.05, 0) is 51.1 Å². The molecule has 1 saturated heterocycles. The van der Waals surface area contributed by atoms with Crippen LogP contribution in [0, 0.1) is 0 Å². The summed E-state index contributed by atoms with van der Waals surface area (Å²) in [7, 11) is 0. The summed E-state index contributed by atoms with van der Waals surface area (Å²) < 4.78 is 8.03. The van der Waals surface area contributed by atoms with Crippen molar-refractivity contribution in [3.8, 4) is 17.1 Å². The normalized spacial score (nSPS) is 22.0. The van der Waals surface area contributed by atoms with E-state index >= 15 is 0 Å². The van der Waals surface area contributed by atoms with Crippen LogP contribution in [0.3, 0.4) is 0 Å². The monoisotopic (exact) mass is 391 g/mol. The van der Waals surface area contributed by atoms with Crippen LogP contribution in [0.15, 0.2) is 24.5 Å². The molecule has 2 N–H and O–H groups in total. The molecule has 0 unspecified atom stereocenters. The number of imidazole rings is 1. The maximum atomic E-state index is 6.13. The summed E-state index contributed by atoms with van der Waals surface area (Å²) in [6.07, 6.45) is 10.9. The second-order valence-electron chi connectivity index (χ2n) is 8.35. The molecule has 4 heterocycles. The van der Waals surface area contributed by atoms with E-state index in [1.165, 1.54) is 19.3 Å². The van der Waals surface area contributed by atoms with Gasteiger partial charge in [-0.3, -0.25) is 0 Å². The van der Waals surface area contributed by atoms with Crippen LogP contribution in [0.5, 0.6) is 5.75 Å². The Morgan fingerprint density at radius 1 is 1.14 bits per heavy atom. The second kappa shape index (κ2) is 6.95. The Morgan fingerprint density at radius 3 is 2.86 bits per heavy atom. The van der Waals surface area contributed by atoms with Crippen LogP contribution < -0.4 is 15.4 Å². The quantitative estimate of drug-likeness (QED) is 0.668. The van der Waals surface area contributed by atoms with Crippen LogP contribution in [0.1, 0.15) is 50.1 Å². The molecule has 3 aromatic rings. The number of fused-ring (bicyclic) bond motifs is 1. The van der Waals surface area contributed by atoms with Crippen molar-refractivity contribution >= 4 is 11.6 Å². The molecule has 0 bridgehead atoms. The SMILES string of the molecule is c1cc(-c2cnc3cc(OC4CC4)c(C4CC4)nn23)nc(N[C@@H]2CCCNC2)n1. The molecule has 3 aromatic heterocycles. The summed E-state index contributed by atoms with van der Waals surface area (Å²) in [4.78, 5) is 13.7. The van der Waals surface area contributed by atoms with Gasteiger partial charge in [-0.1, -0.05) is 0 Å². The summed E-state index contributed by atoms with van der Waals surface area (Å²) in [5, 5.41) is 11.8. The third kappa shape index (κ3) is 3.53. The summed E-state index contributed by atoms with van der Waals surface area (Å²) >= 11 is 0. The van der Waals surface area contributed by atoms with Crippen LogP contribution in [0.25, 0.3) is 17.0 Å². The number of aromatic nitrogens is 5. The smallest absolute Gasteiger partial charge is 0.223 e. The summed E-state index contributed by atoms with van der Waals surface area (Å²) in [5.74, 6) is 2.07. The maximum Gasteiger partial charge on any atom is 0.223 e. The Kier molecular flexibility index (Phi) is 4.11. The van der Waals surface area contributed by atoms with E-state index in [2.05, 4.69) is 20.6 Å².